The Morgan fingerprint density at radius 1 is 1.20 bits per heavy atom. The molecule has 1 aromatic carbocycles. The molecule has 8 heteroatoms. The van der Waals surface area contributed by atoms with Crippen molar-refractivity contribution in [2.75, 3.05) is 32.9 Å². The summed E-state index contributed by atoms with van der Waals surface area (Å²) in [5, 5.41) is 4.06. The molecule has 0 spiro atoms. The van der Waals surface area contributed by atoms with Crippen LogP contribution in [0.15, 0.2) is 28.8 Å². The normalized spacial score (nSPS) is 19.5. The second kappa shape index (κ2) is 10.0. The highest BCUT2D eigenvalue weighted by Gasteiger charge is 2.31. The summed E-state index contributed by atoms with van der Waals surface area (Å²) in [4.78, 5) is 18.6. The van der Waals surface area contributed by atoms with Gasteiger partial charge in [0.1, 0.15) is 11.6 Å². The number of likely N-dealkylation sites (tertiary alicyclic amines) is 1. The van der Waals surface area contributed by atoms with Gasteiger partial charge >= 0.3 is 0 Å². The molecule has 0 bridgehead atoms. The number of amides is 1. The maximum Gasteiger partial charge on any atom is 0.260 e. The molecular formula is C22H28FN3O4. The van der Waals surface area contributed by atoms with Crippen molar-refractivity contribution in [2.24, 2.45) is 5.92 Å². The van der Waals surface area contributed by atoms with Crippen molar-refractivity contribution >= 4 is 5.91 Å². The second-order valence-corrected chi connectivity index (χ2v) is 8.09. The van der Waals surface area contributed by atoms with Gasteiger partial charge in [-0.2, -0.15) is 4.98 Å². The molecule has 1 aliphatic carbocycles. The molecule has 0 N–H and O–H groups in total. The zero-order valence-corrected chi connectivity index (χ0v) is 17.1. The minimum absolute atomic E-state index is 0.0421. The molecule has 2 aromatic rings. The van der Waals surface area contributed by atoms with Crippen molar-refractivity contribution in [1.29, 1.82) is 0 Å². The van der Waals surface area contributed by atoms with Crippen LogP contribution in [0.1, 0.15) is 49.7 Å². The van der Waals surface area contributed by atoms with E-state index < -0.39 is 0 Å². The zero-order valence-electron chi connectivity index (χ0n) is 17.1. The lowest BCUT2D eigenvalue weighted by atomic mass is 10.1. The first-order valence-electron chi connectivity index (χ1n) is 10.7. The number of rotatable bonds is 9. The van der Waals surface area contributed by atoms with Gasteiger partial charge in [-0.15, -0.1) is 0 Å². The van der Waals surface area contributed by atoms with E-state index in [9.17, 15) is 9.18 Å². The lowest BCUT2D eigenvalue weighted by Gasteiger charge is -2.16. The highest BCUT2D eigenvalue weighted by atomic mass is 19.1. The van der Waals surface area contributed by atoms with E-state index in [0.29, 0.717) is 49.5 Å². The van der Waals surface area contributed by atoms with Crippen LogP contribution in [0.3, 0.4) is 0 Å². The average molecular weight is 417 g/mol. The van der Waals surface area contributed by atoms with Crippen molar-refractivity contribution in [3.05, 3.63) is 41.8 Å². The van der Waals surface area contributed by atoms with E-state index in [1.165, 1.54) is 49.9 Å². The maximum absolute atomic E-state index is 12.9. The third-order valence-electron chi connectivity index (χ3n) is 5.85. The largest absolute Gasteiger partial charge is 0.484 e. The summed E-state index contributed by atoms with van der Waals surface area (Å²) in [6, 6.07) is 5.62. The van der Waals surface area contributed by atoms with Gasteiger partial charge in [0.05, 0.1) is 12.5 Å². The summed E-state index contributed by atoms with van der Waals surface area (Å²) in [6.45, 7) is 2.51. The van der Waals surface area contributed by atoms with E-state index >= 15 is 0 Å². The van der Waals surface area contributed by atoms with Crippen molar-refractivity contribution in [2.45, 2.75) is 44.4 Å². The van der Waals surface area contributed by atoms with Crippen LogP contribution in [-0.2, 0) is 16.0 Å². The first kappa shape index (κ1) is 20.8. The topological polar surface area (TPSA) is 77.7 Å². The summed E-state index contributed by atoms with van der Waals surface area (Å²) in [7, 11) is 0. The lowest BCUT2D eigenvalue weighted by Crippen LogP contribution is -2.32. The Hall–Kier alpha value is -2.48. The first-order chi connectivity index (χ1) is 14.7. The summed E-state index contributed by atoms with van der Waals surface area (Å²) < 4.78 is 29.6. The van der Waals surface area contributed by atoms with E-state index in [-0.39, 0.29) is 24.2 Å². The van der Waals surface area contributed by atoms with E-state index in [2.05, 4.69) is 10.1 Å². The number of halogens is 1. The molecule has 1 unspecified atom stereocenters. The Morgan fingerprint density at radius 3 is 2.80 bits per heavy atom. The number of benzene rings is 1. The van der Waals surface area contributed by atoms with Crippen LogP contribution >= 0.6 is 0 Å². The Labute approximate surface area is 175 Å². The van der Waals surface area contributed by atoms with Gasteiger partial charge in [0.2, 0.25) is 5.89 Å². The lowest BCUT2D eigenvalue weighted by molar-refractivity contribution is -0.132. The maximum atomic E-state index is 12.9. The fourth-order valence-corrected chi connectivity index (χ4v) is 4.08. The third kappa shape index (κ3) is 5.56. The monoisotopic (exact) mass is 417 g/mol. The van der Waals surface area contributed by atoms with Gasteiger partial charge in [-0.25, -0.2) is 4.39 Å². The van der Waals surface area contributed by atoms with Crippen LogP contribution in [0.25, 0.3) is 0 Å². The summed E-state index contributed by atoms with van der Waals surface area (Å²) >= 11 is 0. The molecule has 1 aromatic heterocycles. The number of nitrogens with zero attached hydrogens (tertiary/aromatic N) is 3. The van der Waals surface area contributed by atoms with Gasteiger partial charge in [0.25, 0.3) is 5.91 Å². The van der Waals surface area contributed by atoms with Crippen LogP contribution < -0.4 is 4.74 Å². The average Bonchev–Trinajstić information content (AvgIpc) is 3.52. The summed E-state index contributed by atoms with van der Waals surface area (Å²) in [6.07, 6.45) is 6.61. The number of hydrogen-bond donors (Lipinski definition) is 0. The first-order valence-corrected chi connectivity index (χ1v) is 10.7. The number of hydrogen-bond acceptors (Lipinski definition) is 6. The van der Waals surface area contributed by atoms with Gasteiger partial charge in [0, 0.05) is 26.1 Å². The third-order valence-corrected chi connectivity index (χ3v) is 5.85. The van der Waals surface area contributed by atoms with Gasteiger partial charge in [0.15, 0.2) is 12.4 Å². The molecule has 2 fully saturated rings. The quantitative estimate of drug-likeness (QED) is 0.583. The number of aromatic nitrogens is 2. The van der Waals surface area contributed by atoms with E-state index in [1.807, 2.05) is 0 Å². The molecule has 2 aliphatic rings. The molecule has 2 heterocycles. The van der Waals surface area contributed by atoms with Gasteiger partial charge < -0.3 is 18.9 Å². The zero-order chi connectivity index (χ0) is 20.8. The summed E-state index contributed by atoms with van der Waals surface area (Å²) in [5.74, 6) is 2.01. The van der Waals surface area contributed by atoms with Crippen LogP contribution in [0.4, 0.5) is 4.39 Å². The number of ether oxygens (including phenoxy) is 2. The molecule has 0 radical (unpaired) electrons. The van der Waals surface area contributed by atoms with Crippen molar-refractivity contribution in [3.63, 3.8) is 0 Å². The van der Waals surface area contributed by atoms with Crippen molar-refractivity contribution in [3.8, 4) is 5.75 Å². The molecule has 1 atom stereocenters. The van der Waals surface area contributed by atoms with Crippen LogP contribution in [-0.4, -0.2) is 53.9 Å². The molecular weight excluding hydrogens is 389 g/mol. The molecule has 1 aliphatic heterocycles. The Balaban J connectivity index is 1.18. The van der Waals surface area contributed by atoms with Crippen LogP contribution in [0.5, 0.6) is 5.75 Å². The predicted octanol–water partition coefficient (Wildman–Crippen LogP) is 3.35. The van der Waals surface area contributed by atoms with Gasteiger partial charge in [-0.05, 0) is 49.4 Å². The molecule has 1 saturated heterocycles. The molecule has 162 valence electrons. The van der Waals surface area contributed by atoms with Gasteiger partial charge in [-0.1, -0.05) is 18.0 Å². The minimum atomic E-state index is -0.338. The Morgan fingerprint density at radius 2 is 2.00 bits per heavy atom. The Bertz CT molecular complexity index is 820. The molecule has 30 heavy (non-hydrogen) atoms. The molecule has 4 rings (SSSR count). The van der Waals surface area contributed by atoms with Gasteiger partial charge in [-0.3, -0.25) is 4.79 Å². The van der Waals surface area contributed by atoms with E-state index in [4.69, 9.17) is 14.0 Å². The van der Waals surface area contributed by atoms with Crippen LogP contribution in [0, 0.1) is 11.7 Å². The van der Waals surface area contributed by atoms with Crippen molar-refractivity contribution < 1.29 is 23.2 Å². The fourth-order valence-electron chi connectivity index (χ4n) is 4.08. The van der Waals surface area contributed by atoms with Crippen molar-refractivity contribution in [1.82, 2.24) is 15.0 Å². The summed E-state index contributed by atoms with van der Waals surface area (Å²) in [5.41, 5.74) is 0. The minimum Gasteiger partial charge on any atom is -0.484 e. The highest BCUT2D eigenvalue weighted by Crippen LogP contribution is 2.27. The SMILES string of the molecule is O=C(COc1ccc(F)cc1)N1CCC(c2nc(CCOCC3CCCC3)no2)C1. The fraction of sp³-hybridized carbons (Fsp3) is 0.591. The molecule has 1 saturated carbocycles. The van der Waals surface area contributed by atoms with E-state index in [0.717, 1.165) is 13.0 Å². The molecule has 7 nitrogen and oxygen atoms in total. The number of carbonyl (C=O) groups is 1. The van der Waals surface area contributed by atoms with E-state index in [1.54, 1.807) is 4.90 Å². The number of carbonyl (C=O) groups excluding carboxylic acids is 1. The standard InChI is InChI=1S/C22H28FN3O4/c23-18-5-7-19(8-6-18)29-15-21(27)26-11-9-17(13-26)22-24-20(25-30-22)10-12-28-14-16-3-1-2-4-16/h5-8,16-17H,1-4,9-15H2. The van der Waals surface area contributed by atoms with Crippen LogP contribution in [0.2, 0.25) is 0 Å². The predicted molar refractivity (Wildman–Crippen MR) is 107 cm³/mol. The smallest absolute Gasteiger partial charge is 0.260 e. The second-order valence-electron chi connectivity index (χ2n) is 8.09. The highest BCUT2D eigenvalue weighted by molar-refractivity contribution is 5.78. The Kier molecular flexibility index (Phi) is 6.94. The molecule has 1 amide bonds.